The van der Waals surface area contributed by atoms with E-state index in [0.29, 0.717) is 6.42 Å². The van der Waals surface area contributed by atoms with Gasteiger partial charge in [-0.3, -0.25) is 9.59 Å². The van der Waals surface area contributed by atoms with Crippen LogP contribution in [0.4, 0.5) is 0 Å². The SMILES string of the molecule is O=C1CCC(C(=O)NCCn2cc(C(=O)O)nn2)=NN1. The quantitative estimate of drug-likeness (QED) is 0.591. The predicted octanol–water partition coefficient (Wildman–Crippen LogP) is -1.64. The number of carbonyl (C=O) groups is 3. The molecule has 10 heteroatoms. The fourth-order valence-electron chi connectivity index (χ4n) is 1.53. The number of hydrogen-bond acceptors (Lipinski definition) is 6. The highest BCUT2D eigenvalue weighted by Gasteiger charge is 2.17. The van der Waals surface area contributed by atoms with E-state index in [1.54, 1.807) is 0 Å². The third-order valence-corrected chi connectivity index (χ3v) is 2.55. The molecule has 106 valence electrons. The van der Waals surface area contributed by atoms with Crippen molar-refractivity contribution >= 4 is 23.5 Å². The molecule has 20 heavy (non-hydrogen) atoms. The van der Waals surface area contributed by atoms with Gasteiger partial charge in [0.15, 0.2) is 5.69 Å². The van der Waals surface area contributed by atoms with Gasteiger partial charge in [-0.05, 0) is 0 Å². The molecule has 10 nitrogen and oxygen atoms in total. The van der Waals surface area contributed by atoms with E-state index in [4.69, 9.17) is 5.11 Å². The van der Waals surface area contributed by atoms with Gasteiger partial charge in [0.05, 0.1) is 12.7 Å². The first kappa shape index (κ1) is 13.6. The van der Waals surface area contributed by atoms with Crippen molar-refractivity contribution in [1.29, 1.82) is 0 Å². The summed E-state index contributed by atoms with van der Waals surface area (Å²) in [4.78, 5) is 33.1. The topological polar surface area (TPSA) is 139 Å². The van der Waals surface area contributed by atoms with Crippen LogP contribution < -0.4 is 10.7 Å². The molecule has 0 aromatic carbocycles. The Kier molecular flexibility index (Phi) is 4.03. The number of nitrogens with one attached hydrogen (secondary N) is 2. The second-order valence-electron chi connectivity index (χ2n) is 4.02. The molecule has 0 saturated carbocycles. The monoisotopic (exact) mass is 280 g/mol. The molecule has 2 rings (SSSR count). The number of carboxylic acids is 1. The Morgan fingerprint density at radius 3 is 2.85 bits per heavy atom. The Labute approximate surface area is 112 Å². The van der Waals surface area contributed by atoms with Crippen LogP contribution in [-0.2, 0) is 16.1 Å². The van der Waals surface area contributed by atoms with Gasteiger partial charge >= 0.3 is 5.97 Å². The number of nitrogens with zero attached hydrogens (tertiary/aromatic N) is 4. The van der Waals surface area contributed by atoms with Crippen LogP contribution in [0.5, 0.6) is 0 Å². The van der Waals surface area contributed by atoms with Crippen LogP contribution >= 0.6 is 0 Å². The average molecular weight is 280 g/mol. The third kappa shape index (κ3) is 3.37. The van der Waals surface area contributed by atoms with Crippen LogP contribution in [0.1, 0.15) is 23.3 Å². The average Bonchev–Trinajstić information content (AvgIpc) is 2.88. The highest BCUT2D eigenvalue weighted by atomic mass is 16.4. The summed E-state index contributed by atoms with van der Waals surface area (Å²) in [6.07, 6.45) is 1.80. The molecule has 2 amide bonds. The molecule has 1 aromatic rings. The highest BCUT2D eigenvalue weighted by molar-refractivity contribution is 6.39. The molecule has 0 atom stereocenters. The van der Waals surface area contributed by atoms with Crippen molar-refractivity contribution in [2.75, 3.05) is 6.54 Å². The minimum atomic E-state index is -1.16. The lowest BCUT2D eigenvalue weighted by Crippen LogP contribution is -2.38. The lowest BCUT2D eigenvalue weighted by Gasteiger charge is -2.11. The first-order valence-electron chi connectivity index (χ1n) is 5.83. The zero-order valence-corrected chi connectivity index (χ0v) is 10.4. The first-order chi connectivity index (χ1) is 9.56. The molecule has 0 bridgehead atoms. The molecule has 0 radical (unpaired) electrons. The summed E-state index contributed by atoms with van der Waals surface area (Å²) in [7, 11) is 0. The lowest BCUT2D eigenvalue weighted by atomic mass is 10.1. The second kappa shape index (κ2) is 5.91. The van der Waals surface area contributed by atoms with E-state index in [1.165, 1.54) is 10.9 Å². The molecular weight excluding hydrogens is 268 g/mol. The Hall–Kier alpha value is -2.78. The van der Waals surface area contributed by atoms with E-state index < -0.39 is 5.97 Å². The molecule has 1 aliphatic rings. The summed E-state index contributed by atoms with van der Waals surface area (Å²) >= 11 is 0. The molecule has 1 aliphatic heterocycles. The fourth-order valence-corrected chi connectivity index (χ4v) is 1.53. The molecule has 0 saturated heterocycles. The molecule has 0 unspecified atom stereocenters. The van der Waals surface area contributed by atoms with Gasteiger partial charge in [0.2, 0.25) is 5.91 Å². The lowest BCUT2D eigenvalue weighted by molar-refractivity contribution is -0.121. The largest absolute Gasteiger partial charge is 0.476 e. The van der Waals surface area contributed by atoms with Gasteiger partial charge in [-0.15, -0.1) is 5.10 Å². The predicted molar refractivity (Wildman–Crippen MR) is 64.8 cm³/mol. The molecule has 0 aliphatic carbocycles. The maximum atomic E-state index is 11.7. The number of carbonyl (C=O) groups excluding carboxylic acids is 2. The second-order valence-corrected chi connectivity index (χ2v) is 4.02. The molecule has 0 spiro atoms. The number of hydrazone groups is 1. The maximum Gasteiger partial charge on any atom is 0.358 e. The summed E-state index contributed by atoms with van der Waals surface area (Å²) in [5.74, 6) is -1.75. The van der Waals surface area contributed by atoms with Gasteiger partial charge in [-0.1, -0.05) is 5.21 Å². The van der Waals surface area contributed by atoms with Gasteiger partial charge in [0, 0.05) is 19.4 Å². The normalized spacial score (nSPS) is 14.4. The van der Waals surface area contributed by atoms with Gasteiger partial charge < -0.3 is 10.4 Å². The highest BCUT2D eigenvalue weighted by Crippen LogP contribution is 1.99. The summed E-state index contributed by atoms with van der Waals surface area (Å²) in [5, 5.41) is 22.0. The molecule has 0 fully saturated rings. The van der Waals surface area contributed by atoms with E-state index in [9.17, 15) is 14.4 Å². The number of aromatic nitrogens is 3. The zero-order chi connectivity index (χ0) is 14.5. The number of amides is 2. The zero-order valence-electron chi connectivity index (χ0n) is 10.4. The van der Waals surface area contributed by atoms with Gasteiger partial charge in [-0.2, -0.15) is 5.10 Å². The van der Waals surface area contributed by atoms with Gasteiger partial charge in [0.1, 0.15) is 5.71 Å². The minimum Gasteiger partial charge on any atom is -0.476 e. The summed E-state index contributed by atoms with van der Waals surface area (Å²) in [6.45, 7) is 0.528. The van der Waals surface area contributed by atoms with E-state index in [2.05, 4.69) is 26.2 Å². The Bertz CT molecular complexity index is 578. The first-order valence-corrected chi connectivity index (χ1v) is 5.83. The van der Waals surface area contributed by atoms with Crippen LogP contribution in [0.2, 0.25) is 0 Å². The Morgan fingerprint density at radius 2 is 2.25 bits per heavy atom. The Balaban J connectivity index is 1.79. The molecular formula is C10H12N6O4. The summed E-state index contributed by atoms with van der Waals surface area (Å²) in [6, 6.07) is 0. The number of rotatable bonds is 5. The van der Waals surface area contributed by atoms with Crippen molar-refractivity contribution < 1.29 is 19.5 Å². The van der Waals surface area contributed by atoms with Crippen molar-refractivity contribution in [2.45, 2.75) is 19.4 Å². The van der Waals surface area contributed by atoms with E-state index in [-0.39, 0.29) is 42.7 Å². The van der Waals surface area contributed by atoms with Crippen LogP contribution in [0.25, 0.3) is 0 Å². The van der Waals surface area contributed by atoms with Crippen LogP contribution in [-0.4, -0.2) is 50.1 Å². The van der Waals surface area contributed by atoms with E-state index in [0.717, 1.165) is 0 Å². The van der Waals surface area contributed by atoms with E-state index in [1.807, 2.05) is 0 Å². The smallest absolute Gasteiger partial charge is 0.358 e. The van der Waals surface area contributed by atoms with Crippen LogP contribution in [0, 0.1) is 0 Å². The minimum absolute atomic E-state index is 0.157. The summed E-state index contributed by atoms with van der Waals surface area (Å²) in [5.41, 5.74) is 2.33. The standard InChI is InChI=1S/C10H12N6O4/c17-8-2-1-6(12-14-8)9(18)11-3-4-16-5-7(10(19)20)13-15-16/h5H,1-4H2,(H,11,18)(H,14,17)(H,19,20). The number of aromatic carboxylic acids is 1. The number of hydrogen-bond donors (Lipinski definition) is 3. The molecule has 1 aromatic heterocycles. The van der Waals surface area contributed by atoms with Crippen molar-refractivity contribution in [3.63, 3.8) is 0 Å². The Morgan fingerprint density at radius 1 is 1.45 bits per heavy atom. The number of carboxylic acid groups (broad SMARTS) is 1. The summed E-state index contributed by atoms with van der Waals surface area (Å²) < 4.78 is 1.31. The van der Waals surface area contributed by atoms with Crippen molar-refractivity contribution in [2.24, 2.45) is 5.10 Å². The van der Waals surface area contributed by atoms with Crippen LogP contribution in [0.15, 0.2) is 11.3 Å². The fraction of sp³-hybridized carbons (Fsp3) is 0.400. The maximum absolute atomic E-state index is 11.7. The van der Waals surface area contributed by atoms with Crippen molar-refractivity contribution in [3.05, 3.63) is 11.9 Å². The van der Waals surface area contributed by atoms with Crippen molar-refractivity contribution in [1.82, 2.24) is 25.7 Å². The van der Waals surface area contributed by atoms with Crippen molar-refractivity contribution in [3.8, 4) is 0 Å². The molecule has 2 heterocycles. The van der Waals surface area contributed by atoms with Gasteiger partial charge in [0.25, 0.3) is 5.91 Å². The van der Waals surface area contributed by atoms with Crippen LogP contribution in [0.3, 0.4) is 0 Å². The third-order valence-electron chi connectivity index (χ3n) is 2.55. The van der Waals surface area contributed by atoms with E-state index >= 15 is 0 Å². The van der Waals surface area contributed by atoms with Gasteiger partial charge in [-0.25, -0.2) is 14.9 Å². The molecule has 3 N–H and O–H groups in total.